The number of hydrogen-bond acceptors (Lipinski definition) is 2. The van der Waals surface area contributed by atoms with Crippen molar-refractivity contribution in [2.45, 2.75) is 39.3 Å². The van der Waals surface area contributed by atoms with Gasteiger partial charge in [0.05, 0.1) is 0 Å². The number of benzene rings is 2. The van der Waals surface area contributed by atoms with Gasteiger partial charge in [0.25, 0.3) is 0 Å². The van der Waals surface area contributed by atoms with Gasteiger partial charge in [-0.1, -0.05) is 56.2 Å². The van der Waals surface area contributed by atoms with Gasteiger partial charge in [0.2, 0.25) is 0 Å². The van der Waals surface area contributed by atoms with E-state index in [0.717, 1.165) is 24.2 Å². The molecule has 0 atom stereocenters. The van der Waals surface area contributed by atoms with Gasteiger partial charge in [-0.2, -0.15) is 0 Å². The molecule has 2 rings (SSSR count). The smallest absolute Gasteiger partial charge is 0.392 e. The van der Waals surface area contributed by atoms with Gasteiger partial charge >= 0.3 is 8.56 Å². The van der Waals surface area contributed by atoms with Gasteiger partial charge in [0.15, 0.2) is 0 Å². The lowest BCUT2D eigenvalue weighted by Crippen LogP contribution is -2.38. The highest BCUT2D eigenvalue weighted by molar-refractivity contribution is 6.65. The Balaban J connectivity index is 2.07. The lowest BCUT2D eigenvalue weighted by Gasteiger charge is -2.24. The first-order valence-electron chi connectivity index (χ1n) is 7.43. The molecule has 0 N–H and O–H groups in total. The van der Waals surface area contributed by atoms with E-state index in [4.69, 9.17) is 8.85 Å². The molecule has 0 spiro atoms. The summed E-state index contributed by atoms with van der Waals surface area (Å²) in [5.41, 5.74) is 0. The number of rotatable bonds is 7. The average molecular weight is 288 g/mol. The van der Waals surface area contributed by atoms with Crippen molar-refractivity contribution >= 4 is 19.3 Å². The molecule has 0 amide bonds. The third kappa shape index (κ3) is 4.08. The van der Waals surface area contributed by atoms with E-state index in [2.05, 4.69) is 44.3 Å². The van der Waals surface area contributed by atoms with Gasteiger partial charge in [0.1, 0.15) is 5.75 Å². The highest BCUT2D eigenvalue weighted by Crippen LogP contribution is 2.27. The summed E-state index contributed by atoms with van der Waals surface area (Å²) >= 11 is 0. The Kier molecular flexibility index (Phi) is 5.21. The summed E-state index contributed by atoms with van der Waals surface area (Å²) in [4.78, 5) is 0. The van der Waals surface area contributed by atoms with E-state index in [1.54, 1.807) is 0 Å². The summed E-state index contributed by atoms with van der Waals surface area (Å²) in [5, 5.41) is 2.37. The quantitative estimate of drug-likeness (QED) is 0.519. The van der Waals surface area contributed by atoms with E-state index in [1.165, 1.54) is 18.2 Å². The van der Waals surface area contributed by atoms with Crippen LogP contribution in [-0.2, 0) is 4.43 Å². The Hall–Kier alpha value is -1.32. The Labute approximate surface area is 123 Å². The zero-order chi connectivity index (χ0) is 14.4. The Morgan fingerprint density at radius 1 is 0.950 bits per heavy atom. The molecule has 2 aromatic rings. The third-order valence-electron chi connectivity index (χ3n) is 3.30. The van der Waals surface area contributed by atoms with Crippen LogP contribution in [0.25, 0.3) is 10.8 Å². The largest absolute Gasteiger partial charge is 0.520 e. The van der Waals surface area contributed by atoms with Crippen molar-refractivity contribution in [1.82, 2.24) is 0 Å². The summed E-state index contributed by atoms with van der Waals surface area (Å²) < 4.78 is 12.2. The molecule has 108 valence electrons. The molecular formula is C17H24O2Si. The van der Waals surface area contributed by atoms with Crippen molar-refractivity contribution < 1.29 is 8.85 Å². The second-order valence-electron chi connectivity index (χ2n) is 5.53. The second-order valence-corrected chi connectivity index (χ2v) is 8.83. The maximum absolute atomic E-state index is 6.21. The van der Waals surface area contributed by atoms with Gasteiger partial charge in [-0.05, 0) is 31.0 Å². The van der Waals surface area contributed by atoms with Crippen molar-refractivity contribution in [2.24, 2.45) is 0 Å². The molecular weight excluding hydrogens is 264 g/mol. The molecule has 0 aromatic heterocycles. The Morgan fingerprint density at radius 2 is 1.70 bits per heavy atom. The van der Waals surface area contributed by atoms with Crippen LogP contribution in [0.4, 0.5) is 0 Å². The minimum absolute atomic E-state index is 0.803. The summed E-state index contributed by atoms with van der Waals surface area (Å²) in [6, 6.07) is 14.5. The van der Waals surface area contributed by atoms with Gasteiger partial charge in [-0.25, -0.2) is 0 Å². The predicted molar refractivity (Wildman–Crippen MR) is 87.5 cm³/mol. The fourth-order valence-corrected chi connectivity index (χ4v) is 3.65. The lowest BCUT2D eigenvalue weighted by molar-refractivity contribution is 0.242. The van der Waals surface area contributed by atoms with Crippen molar-refractivity contribution in [3.63, 3.8) is 0 Å². The van der Waals surface area contributed by atoms with Crippen LogP contribution in [-0.4, -0.2) is 15.2 Å². The first-order chi connectivity index (χ1) is 9.62. The van der Waals surface area contributed by atoms with E-state index in [-0.39, 0.29) is 0 Å². The summed E-state index contributed by atoms with van der Waals surface area (Å²) in [7, 11) is -2.11. The molecule has 0 fully saturated rings. The highest BCUT2D eigenvalue weighted by Gasteiger charge is 2.27. The van der Waals surface area contributed by atoms with Crippen molar-refractivity contribution in [3.8, 4) is 5.75 Å². The molecule has 2 nitrogen and oxygen atoms in total. The Bertz CT molecular complexity index is 546. The number of unbranched alkanes of at least 4 members (excludes halogenated alkanes) is 2. The SMILES string of the molecule is CCCCCO[Si](C)(C)Oc1cccc2ccccc12. The molecule has 0 unspecified atom stereocenters. The third-order valence-corrected chi connectivity index (χ3v) is 4.91. The van der Waals surface area contributed by atoms with Gasteiger partial charge < -0.3 is 8.85 Å². The van der Waals surface area contributed by atoms with Crippen LogP contribution in [0, 0.1) is 0 Å². The Morgan fingerprint density at radius 3 is 2.50 bits per heavy atom. The fourth-order valence-electron chi connectivity index (χ4n) is 2.25. The molecule has 0 aliphatic heterocycles. The van der Waals surface area contributed by atoms with Crippen LogP contribution in [0.1, 0.15) is 26.2 Å². The van der Waals surface area contributed by atoms with E-state index in [9.17, 15) is 0 Å². The average Bonchev–Trinajstić information content (AvgIpc) is 2.44. The lowest BCUT2D eigenvalue weighted by atomic mass is 10.1. The minimum atomic E-state index is -2.11. The van der Waals surface area contributed by atoms with Gasteiger partial charge in [0, 0.05) is 12.0 Å². The van der Waals surface area contributed by atoms with E-state index in [0.29, 0.717) is 0 Å². The summed E-state index contributed by atoms with van der Waals surface area (Å²) in [6.45, 7) is 7.23. The minimum Gasteiger partial charge on any atom is -0.520 e. The van der Waals surface area contributed by atoms with Gasteiger partial charge in [-0.3, -0.25) is 0 Å². The van der Waals surface area contributed by atoms with Crippen LogP contribution in [0.15, 0.2) is 42.5 Å². The zero-order valence-corrected chi connectivity index (χ0v) is 13.7. The maximum atomic E-state index is 6.21. The highest BCUT2D eigenvalue weighted by atomic mass is 28.4. The maximum Gasteiger partial charge on any atom is 0.392 e. The van der Waals surface area contributed by atoms with Crippen LogP contribution in [0.2, 0.25) is 13.1 Å². The zero-order valence-electron chi connectivity index (χ0n) is 12.7. The summed E-state index contributed by atoms with van der Waals surface area (Å²) in [6.07, 6.45) is 3.56. The monoisotopic (exact) mass is 288 g/mol. The van der Waals surface area contributed by atoms with Crippen LogP contribution < -0.4 is 4.43 Å². The molecule has 0 aliphatic rings. The van der Waals surface area contributed by atoms with E-state index < -0.39 is 8.56 Å². The standard InChI is InChI=1S/C17H24O2Si/c1-4-5-8-14-18-20(2,3)19-17-13-9-11-15-10-6-7-12-16(15)17/h6-7,9-13H,4-5,8,14H2,1-3H3. The van der Waals surface area contributed by atoms with Crippen LogP contribution in [0.3, 0.4) is 0 Å². The predicted octanol–water partition coefficient (Wildman–Crippen LogP) is 5.13. The van der Waals surface area contributed by atoms with Crippen molar-refractivity contribution in [3.05, 3.63) is 42.5 Å². The normalized spacial score (nSPS) is 11.8. The fraction of sp³-hybridized carbons (Fsp3) is 0.412. The van der Waals surface area contributed by atoms with Crippen LogP contribution >= 0.6 is 0 Å². The molecule has 20 heavy (non-hydrogen) atoms. The molecule has 0 saturated heterocycles. The molecule has 0 bridgehead atoms. The first kappa shape index (κ1) is 15.1. The molecule has 0 saturated carbocycles. The van der Waals surface area contributed by atoms with E-state index in [1.807, 2.05) is 18.2 Å². The summed E-state index contributed by atoms with van der Waals surface area (Å²) in [5.74, 6) is 0.940. The molecule has 2 aromatic carbocycles. The van der Waals surface area contributed by atoms with E-state index >= 15 is 0 Å². The number of hydrogen-bond donors (Lipinski definition) is 0. The van der Waals surface area contributed by atoms with Crippen LogP contribution in [0.5, 0.6) is 5.75 Å². The molecule has 0 heterocycles. The topological polar surface area (TPSA) is 18.5 Å². The van der Waals surface area contributed by atoms with Crippen molar-refractivity contribution in [1.29, 1.82) is 0 Å². The molecule has 0 aliphatic carbocycles. The molecule has 0 radical (unpaired) electrons. The first-order valence-corrected chi connectivity index (χ1v) is 10.2. The second kappa shape index (κ2) is 6.91. The number of fused-ring (bicyclic) bond motifs is 1. The van der Waals surface area contributed by atoms with Gasteiger partial charge in [-0.15, -0.1) is 0 Å². The molecule has 3 heteroatoms. The van der Waals surface area contributed by atoms with Crippen molar-refractivity contribution in [2.75, 3.05) is 6.61 Å².